The summed E-state index contributed by atoms with van der Waals surface area (Å²) in [5.74, 6) is 0.0331. The first-order valence-electron chi connectivity index (χ1n) is 7.81. The number of likely N-dealkylation sites (N-methyl/N-ethyl adjacent to an activating group) is 1. The zero-order valence-corrected chi connectivity index (χ0v) is 16.1. The van der Waals surface area contributed by atoms with Crippen LogP contribution in [0.2, 0.25) is 0 Å². The third-order valence-electron chi connectivity index (χ3n) is 4.24. The summed E-state index contributed by atoms with van der Waals surface area (Å²) in [7, 11) is 1.84. The van der Waals surface area contributed by atoms with E-state index < -0.39 is 0 Å². The van der Waals surface area contributed by atoms with Crippen LogP contribution < -0.4 is 0 Å². The summed E-state index contributed by atoms with van der Waals surface area (Å²) in [5, 5.41) is 0. The summed E-state index contributed by atoms with van der Waals surface area (Å²) >= 11 is 5.11. The van der Waals surface area contributed by atoms with Gasteiger partial charge in [0.25, 0.3) is 0 Å². The number of aromatic nitrogens is 1. The Bertz CT molecular complexity index is 755. The Kier molecular flexibility index (Phi) is 4.78. The van der Waals surface area contributed by atoms with Crippen LogP contribution >= 0.6 is 27.3 Å². The molecule has 1 fully saturated rings. The molecule has 1 saturated carbocycles. The molecule has 0 aliphatic heterocycles. The highest BCUT2D eigenvalue weighted by molar-refractivity contribution is 9.11. The average molecular weight is 393 g/mol. The van der Waals surface area contributed by atoms with E-state index >= 15 is 0 Å². The van der Waals surface area contributed by atoms with Crippen LogP contribution in [0.5, 0.6) is 0 Å². The lowest BCUT2D eigenvalue weighted by atomic mass is 10.2. The summed E-state index contributed by atoms with van der Waals surface area (Å²) in [6.45, 7) is 4.92. The number of thiophene rings is 1. The molecule has 1 aliphatic rings. The van der Waals surface area contributed by atoms with Crippen molar-refractivity contribution in [3.8, 4) is 0 Å². The van der Waals surface area contributed by atoms with Gasteiger partial charge in [0.1, 0.15) is 0 Å². The maximum absolute atomic E-state index is 12.3. The first-order chi connectivity index (χ1) is 11.0. The van der Waals surface area contributed by atoms with Crippen LogP contribution in [0.25, 0.3) is 6.08 Å². The van der Waals surface area contributed by atoms with E-state index in [2.05, 4.69) is 40.4 Å². The molecule has 0 aromatic carbocycles. The normalized spacial score (nSPS) is 14.6. The zero-order valence-electron chi connectivity index (χ0n) is 13.7. The van der Waals surface area contributed by atoms with Gasteiger partial charge in [-0.25, -0.2) is 0 Å². The highest BCUT2D eigenvalue weighted by Crippen LogP contribution is 2.38. The quantitative estimate of drug-likeness (QED) is 0.661. The van der Waals surface area contributed by atoms with Crippen LogP contribution in [0.3, 0.4) is 0 Å². The van der Waals surface area contributed by atoms with Crippen molar-refractivity contribution in [1.82, 2.24) is 9.47 Å². The lowest BCUT2D eigenvalue weighted by molar-refractivity contribution is -0.125. The van der Waals surface area contributed by atoms with Crippen molar-refractivity contribution in [2.45, 2.75) is 39.3 Å². The second-order valence-corrected chi connectivity index (χ2v) is 8.71. The van der Waals surface area contributed by atoms with Crippen LogP contribution in [0.1, 0.15) is 40.7 Å². The van der Waals surface area contributed by atoms with Crippen molar-refractivity contribution in [2.75, 3.05) is 7.05 Å². The molecule has 0 N–H and O–H groups in total. The molecule has 3 nitrogen and oxygen atoms in total. The number of aryl methyl sites for hydroxylation is 1. The Morgan fingerprint density at radius 3 is 2.78 bits per heavy atom. The molecule has 5 heteroatoms. The molecule has 2 heterocycles. The number of rotatable bonds is 5. The summed E-state index contributed by atoms with van der Waals surface area (Å²) in [5.41, 5.74) is 3.70. The molecule has 1 amide bonds. The molecule has 0 spiro atoms. The fourth-order valence-electron chi connectivity index (χ4n) is 2.90. The number of hydrogen-bond donors (Lipinski definition) is 0. The third-order valence-corrected chi connectivity index (χ3v) is 5.85. The Labute approximate surface area is 149 Å². The summed E-state index contributed by atoms with van der Waals surface area (Å²) in [6.07, 6.45) is 6.18. The number of carbonyl (C=O) groups is 1. The first-order valence-corrected chi connectivity index (χ1v) is 9.42. The molecule has 0 radical (unpaired) electrons. The Balaban J connectivity index is 1.67. The minimum absolute atomic E-state index is 0.0331. The van der Waals surface area contributed by atoms with Crippen molar-refractivity contribution in [3.63, 3.8) is 0 Å². The van der Waals surface area contributed by atoms with E-state index in [1.165, 1.54) is 29.1 Å². The second kappa shape index (κ2) is 6.65. The second-order valence-electron chi connectivity index (χ2n) is 6.16. The van der Waals surface area contributed by atoms with E-state index in [0.29, 0.717) is 12.6 Å². The van der Waals surface area contributed by atoms with E-state index in [1.54, 1.807) is 22.3 Å². The standard InChI is InChI=1S/C18H21BrN2OS/c1-12-10-14(13(2)21(12)15-5-6-15)4-9-18(22)20(3)11-16-7-8-17(19)23-16/h4,7-10,15H,5-6,11H2,1-3H3. The topological polar surface area (TPSA) is 25.2 Å². The van der Waals surface area contributed by atoms with E-state index in [4.69, 9.17) is 0 Å². The van der Waals surface area contributed by atoms with E-state index in [-0.39, 0.29) is 5.91 Å². The molecule has 2 aromatic heterocycles. The fourth-order valence-corrected chi connectivity index (χ4v) is 4.44. The fraction of sp³-hybridized carbons (Fsp3) is 0.389. The number of carbonyl (C=O) groups excluding carboxylic acids is 1. The molecule has 0 atom stereocenters. The maximum atomic E-state index is 12.3. The monoisotopic (exact) mass is 392 g/mol. The molecule has 122 valence electrons. The minimum Gasteiger partial charge on any atom is -0.346 e. The Morgan fingerprint density at radius 1 is 1.43 bits per heavy atom. The van der Waals surface area contributed by atoms with Gasteiger partial charge in [-0.15, -0.1) is 11.3 Å². The Morgan fingerprint density at radius 2 is 2.17 bits per heavy atom. The minimum atomic E-state index is 0.0331. The molecule has 0 unspecified atom stereocenters. The van der Waals surface area contributed by atoms with E-state index in [0.717, 1.165) is 9.35 Å². The van der Waals surface area contributed by atoms with Gasteiger partial charge in [0.15, 0.2) is 0 Å². The van der Waals surface area contributed by atoms with Gasteiger partial charge >= 0.3 is 0 Å². The van der Waals surface area contributed by atoms with Crippen LogP contribution in [0.15, 0.2) is 28.1 Å². The molecular formula is C18H21BrN2OS. The van der Waals surface area contributed by atoms with Gasteiger partial charge in [-0.2, -0.15) is 0 Å². The van der Waals surface area contributed by atoms with Crippen LogP contribution in [-0.2, 0) is 11.3 Å². The molecule has 0 bridgehead atoms. The highest BCUT2D eigenvalue weighted by Gasteiger charge is 2.26. The zero-order chi connectivity index (χ0) is 16.6. The predicted molar refractivity (Wildman–Crippen MR) is 99.7 cm³/mol. The molecule has 1 aliphatic carbocycles. The number of halogens is 1. The summed E-state index contributed by atoms with van der Waals surface area (Å²) in [4.78, 5) is 15.2. The molecule has 23 heavy (non-hydrogen) atoms. The highest BCUT2D eigenvalue weighted by atomic mass is 79.9. The van der Waals surface area contributed by atoms with Crippen LogP contribution in [0.4, 0.5) is 0 Å². The summed E-state index contributed by atoms with van der Waals surface area (Å²) in [6, 6.07) is 6.91. The van der Waals surface area contributed by atoms with E-state index in [9.17, 15) is 4.79 Å². The van der Waals surface area contributed by atoms with Crippen molar-refractivity contribution < 1.29 is 4.79 Å². The number of hydrogen-bond acceptors (Lipinski definition) is 2. The van der Waals surface area contributed by atoms with Gasteiger partial charge in [0.05, 0.1) is 10.3 Å². The lowest BCUT2D eigenvalue weighted by Gasteiger charge is -2.13. The SMILES string of the molecule is Cc1cc(C=CC(=O)N(C)Cc2ccc(Br)s2)c(C)n1C1CC1. The van der Waals surface area contributed by atoms with Crippen molar-refractivity contribution >= 4 is 39.2 Å². The molecular weight excluding hydrogens is 372 g/mol. The van der Waals surface area contributed by atoms with Crippen LogP contribution in [-0.4, -0.2) is 22.4 Å². The van der Waals surface area contributed by atoms with Crippen molar-refractivity contribution in [2.24, 2.45) is 0 Å². The predicted octanol–water partition coefficient (Wildman–Crippen LogP) is 4.94. The van der Waals surface area contributed by atoms with Crippen molar-refractivity contribution in [1.29, 1.82) is 0 Å². The number of nitrogens with zero attached hydrogens (tertiary/aromatic N) is 2. The molecule has 2 aromatic rings. The van der Waals surface area contributed by atoms with Gasteiger partial charge in [-0.05, 0) is 72.5 Å². The summed E-state index contributed by atoms with van der Waals surface area (Å²) < 4.78 is 3.49. The Hall–Kier alpha value is -1.33. The van der Waals surface area contributed by atoms with Crippen LogP contribution in [0, 0.1) is 13.8 Å². The first kappa shape index (κ1) is 16.5. The molecule has 0 saturated heterocycles. The van der Waals surface area contributed by atoms with E-state index in [1.807, 2.05) is 25.3 Å². The largest absolute Gasteiger partial charge is 0.346 e. The maximum Gasteiger partial charge on any atom is 0.246 e. The van der Waals surface area contributed by atoms with Gasteiger partial charge in [-0.1, -0.05) is 0 Å². The van der Waals surface area contributed by atoms with Gasteiger partial charge in [0.2, 0.25) is 5.91 Å². The third kappa shape index (κ3) is 3.78. The van der Waals surface area contributed by atoms with Crippen molar-refractivity contribution in [3.05, 3.63) is 49.9 Å². The average Bonchev–Trinajstić information content (AvgIpc) is 3.18. The smallest absolute Gasteiger partial charge is 0.246 e. The number of amides is 1. The lowest BCUT2D eigenvalue weighted by Crippen LogP contribution is -2.23. The van der Waals surface area contributed by atoms with Gasteiger partial charge in [-0.3, -0.25) is 4.79 Å². The molecule has 3 rings (SSSR count). The van der Waals surface area contributed by atoms with Gasteiger partial charge < -0.3 is 9.47 Å². The van der Waals surface area contributed by atoms with Gasteiger partial charge in [0, 0.05) is 35.4 Å².